The number of aromatic nitrogens is 3. The number of nitrogens with zero attached hydrogens (tertiary/aromatic N) is 4. The van der Waals surface area contributed by atoms with Crippen LogP contribution in [0.4, 0.5) is 4.39 Å². The number of rotatable bonds is 2. The smallest absolute Gasteiger partial charge is 0.176 e. The van der Waals surface area contributed by atoms with Gasteiger partial charge in [0.1, 0.15) is 17.7 Å². The van der Waals surface area contributed by atoms with Crippen LogP contribution in [0.25, 0.3) is 22.4 Å². The number of Topliss-reactive ketones (excluding diaryl/α,β-unsaturated/α-hetero) is 1. The fourth-order valence-corrected chi connectivity index (χ4v) is 5.83. The minimum absolute atomic E-state index is 0.0573. The highest BCUT2D eigenvalue weighted by molar-refractivity contribution is 6.02. The Labute approximate surface area is 198 Å². The van der Waals surface area contributed by atoms with Crippen LogP contribution in [-0.4, -0.2) is 20.7 Å². The number of nitriles is 1. The molecule has 2 aromatic heterocycles. The molecule has 170 valence electrons. The predicted octanol–water partition coefficient (Wildman–Crippen LogP) is 5.45. The van der Waals surface area contributed by atoms with E-state index in [1.165, 1.54) is 6.07 Å². The maximum absolute atomic E-state index is 14.4. The molecule has 2 heterocycles. The summed E-state index contributed by atoms with van der Waals surface area (Å²) in [7, 11) is 0. The summed E-state index contributed by atoms with van der Waals surface area (Å²) < 4.78 is 14.4. The van der Waals surface area contributed by atoms with Crippen LogP contribution >= 0.6 is 0 Å². The lowest BCUT2D eigenvalue weighted by Crippen LogP contribution is -2.46. The standard InChI is InChI=1S/C28H25FN4O/c1-15-14-31-10-9-20(15)23-11-19(29)5-6-21(23)25-22-7-8-24-16(2)26(34)18(13-30)12-28(24,4)27(22)33-17(3)32-25/h5-6,9-12,14,16,24H,7-8H2,1-4H3/t16-,24-,28-/m1/s1. The van der Waals surface area contributed by atoms with Gasteiger partial charge in [-0.2, -0.15) is 5.26 Å². The Morgan fingerprint density at radius 3 is 2.68 bits per heavy atom. The molecular weight excluding hydrogens is 427 g/mol. The zero-order chi connectivity index (χ0) is 24.2. The molecule has 0 bridgehead atoms. The van der Waals surface area contributed by atoms with Gasteiger partial charge in [0.05, 0.1) is 17.0 Å². The van der Waals surface area contributed by atoms with Crippen molar-refractivity contribution in [2.45, 2.75) is 46.0 Å². The topological polar surface area (TPSA) is 79.5 Å². The highest BCUT2D eigenvalue weighted by Gasteiger charge is 2.49. The van der Waals surface area contributed by atoms with Crippen molar-refractivity contribution in [1.82, 2.24) is 15.0 Å². The van der Waals surface area contributed by atoms with E-state index in [2.05, 4.69) is 18.0 Å². The minimum Gasteiger partial charge on any atom is -0.293 e. The van der Waals surface area contributed by atoms with Crippen molar-refractivity contribution in [2.24, 2.45) is 11.8 Å². The van der Waals surface area contributed by atoms with E-state index in [0.717, 1.165) is 45.6 Å². The summed E-state index contributed by atoms with van der Waals surface area (Å²) in [6.45, 7) is 7.80. The molecule has 5 nitrogen and oxygen atoms in total. The van der Waals surface area contributed by atoms with E-state index >= 15 is 0 Å². The molecular formula is C28H25FN4O. The highest BCUT2D eigenvalue weighted by atomic mass is 19.1. The van der Waals surface area contributed by atoms with Gasteiger partial charge >= 0.3 is 0 Å². The third-order valence-electron chi connectivity index (χ3n) is 7.50. The molecule has 2 aliphatic carbocycles. The van der Waals surface area contributed by atoms with Gasteiger partial charge < -0.3 is 0 Å². The third-order valence-corrected chi connectivity index (χ3v) is 7.50. The Hall–Kier alpha value is -3.72. The average molecular weight is 453 g/mol. The molecule has 0 fully saturated rings. The highest BCUT2D eigenvalue weighted by Crippen LogP contribution is 2.51. The van der Waals surface area contributed by atoms with Gasteiger partial charge in [0.2, 0.25) is 0 Å². The number of hydrogen-bond acceptors (Lipinski definition) is 5. The number of fused-ring (bicyclic) bond motifs is 3. The lowest BCUT2D eigenvalue weighted by Gasteiger charge is -2.45. The van der Waals surface area contributed by atoms with Gasteiger partial charge in [-0.05, 0) is 73.6 Å². The molecule has 6 heteroatoms. The number of allylic oxidation sites excluding steroid dienone is 2. The quantitative estimate of drug-likeness (QED) is 0.517. The lowest BCUT2D eigenvalue weighted by atomic mass is 9.57. The number of ketones is 1. The van der Waals surface area contributed by atoms with Gasteiger partial charge in [-0.3, -0.25) is 9.78 Å². The third kappa shape index (κ3) is 3.27. The zero-order valence-corrected chi connectivity index (χ0v) is 19.7. The first-order valence-electron chi connectivity index (χ1n) is 11.5. The number of pyridine rings is 1. The predicted molar refractivity (Wildman–Crippen MR) is 127 cm³/mol. The van der Waals surface area contributed by atoms with E-state index in [4.69, 9.17) is 9.97 Å². The molecule has 5 rings (SSSR count). The second-order valence-electron chi connectivity index (χ2n) is 9.58. The van der Waals surface area contributed by atoms with Gasteiger partial charge in [-0.1, -0.05) is 19.9 Å². The normalized spacial score (nSPS) is 23.5. The van der Waals surface area contributed by atoms with Gasteiger partial charge in [0.15, 0.2) is 5.78 Å². The molecule has 0 amide bonds. The number of carbonyl (C=O) groups excluding carboxylic acids is 1. The number of halogens is 1. The average Bonchev–Trinajstić information content (AvgIpc) is 2.81. The minimum atomic E-state index is -0.554. The molecule has 0 aliphatic heterocycles. The molecule has 0 N–H and O–H groups in total. The summed E-state index contributed by atoms with van der Waals surface area (Å²) in [6.07, 6.45) is 6.79. The monoisotopic (exact) mass is 452 g/mol. The van der Waals surface area contributed by atoms with E-state index in [0.29, 0.717) is 12.2 Å². The molecule has 3 aromatic rings. The van der Waals surface area contributed by atoms with Crippen molar-refractivity contribution >= 4 is 5.78 Å². The SMILES string of the molecule is Cc1nc(-c2ccc(F)cc2-c2ccncc2C)c2c(n1)[C@]1(C)C=C(C#N)C(=O)[C@H](C)[C@H]1CC2. The van der Waals surface area contributed by atoms with Crippen molar-refractivity contribution in [3.63, 3.8) is 0 Å². The first kappa shape index (κ1) is 22.1. The molecule has 0 radical (unpaired) electrons. The molecule has 2 aliphatic rings. The first-order valence-corrected chi connectivity index (χ1v) is 11.5. The van der Waals surface area contributed by atoms with Crippen molar-refractivity contribution in [3.8, 4) is 28.5 Å². The summed E-state index contributed by atoms with van der Waals surface area (Å²) in [6, 6.07) is 8.78. The second kappa shape index (κ2) is 7.95. The first-order chi connectivity index (χ1) is 16.2. The van der Waals surface area contributed by atoms with Crippen molar-refractivity contribution < 1.29 is 9.18 Å². The van der Waals surface area contributed by atoms with Crippen LogP contribution in [0.15, 0.2) is 48.3 Å². The van der Waals surface area contributed by atoms with E-state index in [1.807, 2.05) is 32.9 Å². The lowest BCUT2D eigenvalue weighted by molar-refractivity contribution is -0.121. The molecule has 0 unspecified atom stereocenters. The number of aryl methyl sites for hydroxylation is 2. The molecule has 3 atom stereocenters. The van der Waals surface area contributed by atoms with Crippen molar-refractivity contribution in [1.29, 1.82) is 5.26 Å². The van der Waals surface area contributed by atoms with Crippen LogP contribution in [0.3, 0.4) is 0 Å². The Bertz CT molecular complexity index is 1420. The summed E-state index contributed by atoms with van der Waals surface area (Å²) in [5, 5.41) is 9.62. The number of carbonyl (C=O) groups is 1. The van der Waals surface area contributed by atoms with Crippen LogP contribution in [0.2, 0.25) is 0 Å². The van der Waals surface area contributed by atoms with Crippen molar-refractivity contribution in [3.05, 3.63) is 76.8 Å². The van der Waals surface area contributed by atoms with Crippen molar-refractivity contribution in [2.75, 3.05) is 0 Å². The summed E-state index contributed by atoms with van der Waals surface area (Å²) in [4.78, 5) is 26.6. The fourth-order valence-electron chi connectivity index (χ4n) is 5.83. The van der Waals surface area contributed by atoms with Gasteiger partial charge in [-0.15, -0.1) is 0 Å². The summed E-state index contributed by atoms with van der Waals surface area (Å²) >= 11 is 0. The summed E-state index contributed by atoms with van der Waals surface area (Å²) in [5.74, 6) is 0.00400. The Morgan fingerprint density at radius 1 is 1.15 bits per heavy atom. The van der Waals surface area contributed by atoms with E-state index in [9.17, 15) is 14.4 Å². The van der Waals surface area contributed by atoms with Gasteiger partial charge in [-0.25, -0.2) is 14.4 Å². The van der Waals surface area contributed by atoms with E-state index in [-0.39, 0.29) is 29.0 Å². The van der Waals surface area contributed by atoms with Crippen LogP contribution in [0.1, 0.15) is 42.9 Å². The molecule has 0 saturated carbocycles. The molecule has 0 saturated heterocycles. The molecule has 0 spiro atoms. The van der Waals surface area contributed by atoms with Crippen LogP contribution in [0.5, 0.6) is 0 Å². The Kier molecular flexibility index (Phi) is 5.16. The molecule has 34 heavy (non-hydrogen) atoms. The van der Waals surface area contributed by atoms with Gasteiger partial charge in [0.25, 0.3) is 0 Å². The van der Waals surface area contributed by atoms with Crippen LogP contribution in [-0.2, 0) is 16.6 Å². The second-order valence-corrected chi connectivity index (χ2v) is 9.58. The number of benzene rings is 1. The maximum atomic E-state index is 14.4. The maximum Gasteiger partial charge on any atom is 0.176 e. The zero-order valence-electron chi connectivity index (χ0n) is 19.7. The van der Waals surface area contributed by atoms with Crippen LogP contribution in [0, 0.1) is 42.8 Å². The van der Waals surface area contributed by atoms with Crippen LogP contribution < -0.4 is 0 Å². The Morgan fingerprint density at radius 2 is 1.94 bits per heavy atom. The van der Waals surface area contributed by atoms with E-state index < -0.39 is 5.41 Å². The summed E-state index contributed by atoms with van der Waals surface area (Å²) in [5.41, 5.74) is 5.73. The number of hydrogen-bond donors (Lipinski definition) is 0. The largest absolute Gasteiger partial charge is 0.293 e. The molecule has 1 aromatic carbocycles. The Balaban J connectivity index is 1.78. The van der Waals surface area contributed by atoms with Gasteiger partial charge in [0, 0.05) is 34.9 Å². The van der Waals surface area contributed by atoms with E-state index in [1.54, 1.807) is 24.5 Å². The fraction of sp³-hybridized carbons (Fsp3) is 0.321.